The van der Waals surface area contributed by atoms with E-state index in [2.05, 4.69) is 67.8 Å². The van der Waals surface area contributed by atoms with E-state index in [0.29, 0.717) is 36.3 Å². The molecule has 1 saturated heterocycles. The normalized spacial score (nSPS) is 21.1. The van der Waals surface area contributed by atoms with Crippen LogP contribution in [0.4, 0.5) is 16.2 Å². The van der Waals surface area contributed by atoms with Gasteiger partial charge in [0.1, 0.15) is 17.9 Å². The summed E-state index contributed by atoms with van der Waals surface area (Å²) >= 11 is 0. The zero-order valence-electron chi connectivity index (χ0n) is 28.5. The largest absolute Gasteiger partial charge is 0.444 e. The highest BCUT2D eigenvalue weighted by Gasteiger charge is 2.47. The molecule has 1 saturated carbocycles. The van der Waals surface area contributed by atoms with Crippen molar-refractivity contribution in [2.45, 2.75) is 83.8 Å². The van der Waals surface area contributed by atoms with Crippen LogP contribution in [0.3, 0.4) is 0 Å². The Morgan fingerprint density at radius 2 is 1.71 bits per heavy atom. The number of hydrogen-bond acceptors (Lipinski definition) is 9. The molecule has 0 bridgehead atoms. The van der Waals surface area contributed by atoms with Crippen LogP contribution in [0.2, 0.25) is 0 Å². The molecular weight excluding hydrogens is 620 g/mol. The Bertz CT molecular complexity index is 1710. The van der Waals surface area contributed by atoms with Gasteiger partial charge in [0.05, 0.1) is 6.04 Å². The lowest BCUT2D eigenvalue weighted by molar-refractivity contribution is -0.118. The Hall–Kier alpha value is -4.81. The highest BCUT2D eigenvalue weighted by Crippen LogP contribution is 2.39. The van der Waals surface area contributed by atoms with Crippen molar-refractivity contribution in [2.75, 3.05) is 17.6 Å². The maximum atomic E-state index is 13.8. The Labute approximate surface area is 286 Å². The molecule has 2 heterocycles. The van der Waals surface area contributed by atoms with Crippen molar-refractivity contribution in [2.24, 2.45) is 11.8 Å². The summed E-state index contributed by atoms with van der Waals surface area (Å²) in [6, 6.07) is 21.1. The van der Waals surface area contributed by atoms with Gasteiger partial charge in [0.15, 0.2) is 0 Å². The molecule has 258 valence electrons. The van der Waals surface area contributed by atoms with Crippen LogP contribution in [-0.2, 0) is 20.7 Å². The minimum atomic E-state index is -0.523. The minimum absolute atomic E-state index is 0.0557. The van der Waals surface area contributed by atoms with Crippen molar-refractivity contribution in [1.29, 1.82) is 0 Å². The number of H-pyrrole nitrogens is 1. The summed E-state index contributed by atoms with van der Waals surface area (Å²) in [5.74, 6) is 1.16. The van der Waals surface area contributed by atoms with Crippen molar-refractivity contribution in [3.8, 4) is 22.5 Å². The van der Waals surface area contributed by atoms with Gasteiger partial charge in [-0.05, 0) is 136 Å². The summed E-state index contributed by atoms with van der Waals surface area (Å²) < 4.78 is 11.5. The van der Waals surface area contributed by atoms with Gasteiger partial charge in [-0.25, -0.2) is 4.79 Å². The molecule has 49 heavy (non-hydrogen) atoms. The fourth-order valence-electron chi connectivity index (χ4n) is 6.59. The molecule has 2 amide bonds. The molecule has 12 nitrogen and oxygen atoms in total. The van der Waals surface area contributed by atoms with Crippen LogP contribution in [0.1, 0.15) is 57.6 Å². The lowest BCUT2D eigenvalue weighted by Gasteiger charge is -2.28. The second-order valence-corrected chi connectivity index (χ2v) is 14.2. The van der Waals surface area contributed by atoms with E-state index in [9.17, 15) is 9.59 Å². The van der Waals surface area contributed by atoms with E-state index < -0.39 is 11.6 Å². The van der Waals surface area contributed by atoms with Crippen molar-refractivity contribution >= 4 is 23.4 Å². The van der Waals surface area contributed by atoms with Crippen molar-refractivity contribution < 1.29 is 19.1 Å². The van der Waals surface area contributed by atoms with E-state index in [1.807, 2.05) is 63.2 Å². The van der Waals surface area contributed by atoms with Gasteiger partial charge >= 0.3 is 6.09 Å². The highest BCUT2D eigenvalue weighted by atomic mass is 16.6. The van der Waals surface area contributed by atoms with Crippen LogP contribution >= 0.6 is 0 Å². The molecule has 2 fully saturated rings. The highest BCUT2D eigenvalue weighted by molar-refractivity contribution is 5.95. The molecule has 1 aromatic heterocycles. The number of rotatable bonds is 11. The maximum Gasteiger partial charge on any atom is 0.407 e. The second kappa shape index (κ2) is 14.8. The second-order valence-electron chi connectivity index (χ2n) is 14.2. The van der Waals surface area contributed by atoms with Gasteiger partial charge in [0, 0.05) is 23.5 Å². The molecule has 6 rings (SSSR count). The van der Waals surface area contributed by atoms with Crippen LogP contribution in [0.5, 0.6) is 0 Å². The summed E-state index contributed by atoms with van der Waals surface area (Å²) in [7, 11) is 0. The first-order valence-electron chi connectivity index (χ1n) is 17.0. The summed E-state index contributed by atoms with van der Waals surface area (Å²) in [4.78, 5) is 25.9. The topological polar surface area (TPSA) is 172 Å². The number of aromatic nitrogens is 4. The predicted molar refractivity (Wildman–Crippen MR) is 188 cm³/mol. The average molecular weight is 667 g/mol. The van der Waals surface area contributed by atoms with Crippen LogP contribution in [-0.4, -0.2) is 63.1 Å². The molecule has 0 radical (unpaired) electrons. The number of aryl methyl sites for hydroxylation is 1. The number of anilines is 2. The number of ether oxygens (including phenoxy) is 2. The molecule has 1 aliphatic heterocycles. The molecule has 12 heteroatoms. The number of carbonyl (C=O) groups excluding carboxylic acids is 2. The Balaban J connectivity index is 1.08. The van der Waals surface area contributed by atoms with Crippen LogP contribution < -0.4 is 21.7 Å². The summed E-state index contributed by atoms with van der Waals surface area (Å²) in [5, 5.41) is 23.6. The van der Waals surface area contributed by atoms with Gasteiger partial charge in [-0.1, -0.05) is 30.3 Å². The number of alkyl carbamates (subject to hydrolysis) is 1. The SMILES string of the molecule is Cc1cc(N)ccc1-c1ccc(C[C@H](NC2OC2C2CCC(CNC(=O)OC(C)(C)C)CC2)C(=O)Nc2ccc(-c3nn[nH]n3)cc2)cc1. The molecule has 4 aromatic rings. The van der Waals surface area contributed by atoms with Gasteiger partial charge in [-0.15, -0.1) is 10.2 Å². The van der Waals surface area contributed by atoms with Crippen LogP contribution in [0.25, 0.3) is 22.5 Å². The smallest absolute Gasteiger partial charge is 0.407 e. The van der Waals surface area contributed by atoms with Gasteiger partial charge in [0.25, 0.3) is 0 Å². The fourth-order valence-corrected chi connectivity index (χ4v) is 6.59. The zero-order valence-corrected chi connectivity index (χ0v) is 28.5. The van der Waals surface area contributed by atoms with Crippen molar-refractivity contribution in [3.05, 3.63) is 77.9 Å². The Morgan fingerprint density at radius 3 is 2.37 bits per heavy atom. The van der Waals surface area contributed by atoms with Gasteiger partial charge < -0.3 is 25.8 Å². The summed E-state index contributed by atoms with van der Waals surface area (Å²) in [6.45, 7) is 8.26. The quantitative estimate of drug-likeness (QED) is 0.101. The van der Waals surface area contributed by atoms with E-state index >= 15 is 0 Å². The number of amides is 2. The first-order valence-corrected chi connectivity index (χ1v) is 17.0. The number of hydrogen-bond donors (Lipinski definition) is 5. The van der Waals surface area contributed by atoms with Crippen molar-refractivity contribution in [3.63, 3.8) is 0 Å². The number of nitrogens with one attached hydrogen (secondary N) is 4. The molecule has 1 aliphatic carbocycles. The number of aromatic amines is 1. The number of epoxide rings is 1. The molecule has 6 N–H and O–H groups in total. The standard InChI is InChI=1S/C37H46N8O4/c1-22-19-28(38)15-18-30(22)25-9-5-23(6-10-25)20-31(34(46)40-29-16-13-27(14-17-29)33-42-44-45-43-33)41-35-32(48-35)26-11-7-24(8-12-26)21-39-36(47)49-37(2,3)4/h5-6,9-10,13-19,24,26,31-32,35,41H,7-8,11-12,20-21,38H2,1-4H3,(H,39,47)(H,40,46)(H,42,43,44,45)/t24?,26?,31-,32?,35?/m0/s1. The average Bonchev–Trinajstić information content (AvgIpc) is 3.61. The molecule has 3 atom stereocenters. The van der Waals surface area contributed by atoms with E-state index in [-0.39, 0.29) is 24.3 Å². The lowest BCUT2D eigenvalue weighted by Crippen LogP contribution is -2.44. The van der Waals surface area contributed by atoms with Crippen LogP contribution in [0, 0.1) is 18.8 Å². The predicted octanol–water partition coefficient (Wildman–Crippen LogP) is 5.62. The van der Waals surface area contributed by atoms with Gasteiger partial charge in [0.2, 0.25) is 11.7 Å². The maximum absolute atomic E-state index is 13.8. The number of tetrazole rings is 1. The number of benzene rings is 3. The molecule has 0 spiro atoms. The van der Waals surface area contributed by atoms with E-state index in [1.54, 1.807) is 0 Å². The number of nitrogens with two attached hydrogens (primary N) is 1. The Kier molecular flexibility index (Phi) is 10.3. The van der Waals surface area contributed by atoms with Gasteiger partial charge in [-0.3, -0.25) is 10.1 Å². The fraction of sp³-hybridized carbons (Fsp3) is 0.432. The third-order valence-corrected chi connectivity index (χ3v) is 9.21. The first kappa shape index (κ1) is 34.1. The van der Waals surface area contributed by atoms with Crippen LogP contribution in [0.15, 0.2) is 66.7 Å². The number of nitrogen functional groups attached to an aromatic ring is 1. The van der Waals surface area contributed by atoms with E-state index in [4.69, 9.17) is 15.2 Å². The molecule has 2 unspecified atom stereocenters. The van der Waals surface area contributed by atoms with E-state index in [0.717, 1.165) is 59.2 Å². The minimum Gasteiger partial charge on any atom is -0.444 e. The monoisotopic (exact) mass is 666 g/mol. The molecule has 3 aromatic carbocycles. The Morgan fingerprint density at radius 1 is 1.00 bits per heavy atom. The van der Waals surface area contributed by atoms with Gasteiger partial charge in [-0.2, -0.15) is 5.21 Å². The summed E-state index contributed by atoms with van der Waals surface area (Å²) in [6.07, 6.45) is 4.02. The lowest BCUT2D eigenvalue weighted by atomic mass is 9.80. The molecular formula is C37H46N8O4. The summed E-state index contributed by atoms with van der Waals surface area (Å²) in [5.41, 5.74) is 12.0. The van der Waals surface area contributed by atoms with Crippen molar-refractivity contribution in [1.82, 2.24) is 31.3 Å². The third kappa shape index (κ3) is 9.21. The first-order chi connectivity index (χ1) is 23.5. The zero-order chi connectivity index (χ0) is 34.5. The number of nitrogens with zero attached hydrogens (tertiary/aromatic N) is 3. The number of carbonyl (C=O) groups is 2. The third-order valence-electron chi connectivity index (χ3n) is 9.21. The molecule has 2 aliphatic rings. The van der Waals surface area contributed by atoms with E-state index in [1.165, 1.54) is 0 Å².